The zero-order valence-electron chi connectivity index (χ0n) is 13.6. The molecule has 1 aromatic carbocycles. The van der Waals surface area contributed by atoms with E-state index >= 15 is 0 Å². The summed E-state index contributed by atoms with van der Waals surface area (Å²) in [7, 11) is 2.17. The summed E-state index contributed by atoms with van der Waals surface area (Å²) >= 11 is 1.61. The van der Waals surface area contributed by atoms with Crippen molar-refractivity contribution in [1.29, 1.82) is 0 Å². The molecule has 0 unspecified atom stereocenters. The maximum absolute atomic E-state index is 12.1. The van der Waals surface area contributed by atoms with Gasteiger partial charge in [0.1, 0.15) is 0 Å². The lowest BCUT2D eigenvalue weighted by Gasteiger charge is -2.32. The van der Waals surface area contributed by atoms with Gasteiger partial charge in [-0.2, -0.15) is 0 Å². The first-order chi connectivity index (χ1) is 10.6. The minimum absolute atomic E-state index is 0.0500. The van der Waals surface area contributed by atoms with Gasteiger partial charge < -0.3 is 15.1 Å². The number of thioether (sulfide) groups is 1. The molecule has 1 fully saturated rings. The highest BCUT2D eigenvalue weighted by Crippen LogP contribution is 2.22. The summed E-state index contributed by atoms with van der Waals surface area (Å²) in [5, 5.41) is 3.00. The van der Waals surface area contributed by atoms with Crippen molar-refractivity contribution in [1.82, 2.24) is 15.1 Å². The fraction of sp³-hybridized carbons (Fsp3) is 0.588. The molecule has 0 spiro atoms. The maximum Gasteiger partial charge on any atom is 0.233 e. The average Bonchev–Trinajstić information content (AvgIpc) is 2.54. The van der Waals surface area contributed by atoms with Gasteiger partial charge in [0, 0.05) is 37.6 Å². The largest absolute Gasteiger partial charge is 0.355 e. The third-order valence-electron chi connectivity index (χ3n) is 3.97. The molecule has 0 saturated carbocycles. The minimum atomic E-state index is -0.0500. The van der Waals surface area contributed by atoms with Crippen LogP contribution in [0.1, 0.15) is 13.3 Å². The lowest BCUT2D eigenvalue weighted by atomic mass is 10.3. The van der Waals surface area contributed by atoms with Crippen molar-refractivity contribution in [2.45, 2.75) is 23.5 Å². The number of hydrogen-bond donors (Lipinski definition) is 1. The van der Waals surface area contributed by atoms with Gasteiger partial charge in [0.15, 0.2) is 0 Å². The van der Waals surface area contributed by atoms with E-state index in [0.717, 1.165) is 50.6 Å². The fourth-order valence-electron chi connectivity index (χ4n) is 2.49. The lowest BCUT2D eigenvalue weighted by molar-refractivity contribution is -0.120. The molecule has 122 valence electrons. The second-order valence-corrected chi connectivity index (χ2v) is 7.28. The van der Waals surface area contributed by atoms with Crippen LogP contribution in [0, 0.1) is 0 Å². The Morgan fingerprint density at radius 2 is 1.91 bits per heavy atom. The number of rotatable bonds is 7. The Balaban J connectivity index is 1.59. The second-order valence-electron chi connectivity index (χ2n) is 5.86. The van der Waals surface area contributed by atoms with Gasteiger partial charge in [-0.25, -0.2) is 0 Å². The molecule has 0 aliphatic carbocycles. The zero-order chi connectivity index (χ0) is 15.8. The summed E-state index contributed by atoms with van der Waals surface area (Å²) in [5.41, 5.74) is 0. The standard InChI is InChI=1S/C17H27N3OS/c1-15(22-16-7-4-3-5-8-16)17(21)18-9-6-10-20-13-11-19(2)12-14-20/h3-5,7-8,15H,6,9-14H2,1-2H3,(H,18,21)/t15-/m0/s1. The summed E-state index contributed by atoms with van der Waals surface area (Å²) in [6, 6.07) is 10.1. The van der Waals surface area contributed by atoms with Crippen LogP contribution in [0.5, 0.6) is 0 Å². The van der Waals surface area contributed by atoms with Gasteiger partial charge >= 0.3 is 0 Å². The van der Waals surface area contributed by atoms with Gasteiger partial charge in [-0.15, -0.1) is 11.8 Å². The lowest BCUT2D eigenvalue weighted by Crippen LogP contribution is -2.45. The van der Waals surface area contributed by atoms with Crippen LogP contribution < -0.4 is 5.32 Å². The predicted octanol–water partition coefficient (Wildman–Crippen LogP) is 1.92. The van der Waals surface area contributed by atoms with Crippen molar-refractivity contribution in [3.8, 4) is 0 Å². The van der Waals surface area contributed by atoms with E-state index in [0.29, 0.717) is 0 Å². The molecular formula is C17H27N3OS. The monoisotopic (exact) mass is 321 g/mol. The third kappa shape index (κ3) is 5.99. The first kappa shape index (κ1) is 17.3. The highest BCUT2D eigenvalue weighted by atomic mass is 32.2. The normalized spacial score (nSPS) is 18.1. The van der Waals surface area contributed by atoms with Crippen molar-refractivity contribution in [3.05, 3.63) is 30.3 Å². The van der Waals surface area contributed by atoms with Crippen LogP contribution in [0.15, 0.2) is 35.2 Å². The Kier molecular flexibility index (Phi) is 7.22. The number of nitrogens with zero attached hydrogens (tertiary/aromatic N) is 2. The van der Waals surface area contributed by atoms with E-state index in [4.69, 9.17) is 0 Å². The van der Waals surface area contributed by atoms with Crippen molar-refractivity contribution >= 4 is 17.7 Å². The smallest absolute Gasteiger partial charge is 0.233 e. The molecule has 1 N–H and O–H groups in total. The number of amides is 1. The molecule has 0 radical (unpaired) electrons. The molecule has 4 nitrogen and oxygen atoms in total. The Morgan fingerprint density at radius 3 is 2.59 bits per heavy atom. The zero-order valence-corrected chi connectivity index (χ0v) is 14.4. The molecule has 2 rings (SSSR count). The summed E-state index contributed by atoms with van der Waals surface area (Å²) in [5.74, 6) is 0.132. The van der Waals surface area contributed by atoms with Gasteiger partial charge in [-0.1, -0.05) is 18.2 Å². The van der Waals surface area contributed by atoms with Crippen LogP contribution in [0.4, 0.5) is 0 Å². The quantitative estimate of drug-likeness (QED) is 0.615. The molecule has 1 aromatic rings. The van der Waals surface area contributed by atoms with E-state index in [1.165, 1.54) is 0 Å². The van der Waals surface area contributed by atoms with Crippen LogP contribution in [0.2, 0.25) is 0 Å². The van der Waals surface area contributed by atoms with Gasteiger partial charge in [-0.3, -0.25) is 4.79 Å². The van der Waals surface area contributed by atoms with Crippen LogP contribution >= 0.6 is 11.8 Å². The van der Waals surface area contributed by atoms with Crippen LogP contribution in [0.25, 0.3) is 0 Å². The molecule has 1 heterocycles. The molecule has 22 heavy (non-hydrogen) atoms. The number of hydrogen-bond acceptors (Lipinski definition) is 4. The third-order valence-corrected chi connectivity index (χ3v) is 5.08. The number of carbonyl (C=O) groups is 1. The number of piperazine rings is 1. The maximum atomic E-state index is 12.1. The van der Waals surface area contributed by atoms with Gasteiger partial charge in [0.2, 0.25) is 5.91 Å². The van der Waals surface area contributed by atoms with Crippen molar-refractivity contribution in [3.63, 3.8) is 0 Å². The van der Waals surface area contributed by atoms with Crippen molar-refractivity contribution < 1.29 is 4.79 Å². The topological polar surface area (TPSA) is 35.6 Å². The van der Waals surface area contributed by atoms with E-state index in [1.807, 2.05) is 37.3 Å². The average molecular weight is 321 g/mol. The van der Waals surface area contributed by atoms with E-state index in [-0.39, 0.29) is 11.2 Å². The summed E-state index contributed by atoms with van der Waals surface area (Å²) in [6.07, 6.45) is 1.03. The minimum Gasteiger partial charge on any atom is -0.355 e. The Labute approximate surface area is 138 Å². The van der Waals surface area contributed by atoms with E-state index in [2.05, 4.69) is 22.2 Å². The first-order valence-corrected chi connectivity index (χ1v) is 8.93. The van der Waals surface area contributed by atoms with E-state index < -0.39 is 0 Å². The first-order valence-electron chi connectivity index (χ1n) is 8.05. The molecule has 5 heteroatoms. The highest BCUT2D eigenvalue weighted by Gasteiger charge is 2.15. The molecular weight excluding hydrogens is 294 g/mol. The molecule has 0 bridgehead atoms. The molecule has 1 amide bonds. The van der Waals surface area contributed by atoms with Gasteiger partial charge in [0.25, 0.3) is 0 Å². The second kappa shape index (κ2) is 9.18. The van der Waals surface area contributed by atoms with E-state index in [9.17, 15) is 4.79 Å². The van der Waals surface area contributed by atoms with Crippen LogP contribution in [-0.4, -0.2) is 67.3 Å². The molecule has 1 saturated heterocycles. The fourth-order valence-corrected chi connectivity index (χ4v) is 3.40. The SMILES string of the molecule is C[C@H](Sc1ccccc1)C(=O)NCCCN1CCN(C)CC1. The van der Waals surface area contributed by atoms with Crippen LogP contribution in [0.3, 0.4) is 0 Å². The van der Waals surface area contributed by atoms with Crippen molar-refractivity contribution in [2.75, 3.05) is 46.3 Å². The summed E-state index contributed by atoms with van der Waals surface area (Å²) < 4.78 is 0. The van der Waals surface area contributed by atoms with Crippen LogP contribution in [-0.2, 0) is 4.79 Å². The van der Waals surface area contributed by atoms with Crippen molar-refractivity contribution in [2.24, 2.45) is 0 Å². The highest BCUT2D eigenvalue weighted by molar-refractivity contribution is 8.00. The molecule has 1 aliphatic rings. The van der Waals surface area contributed by atoms with Gasteiger partial charge in [-0.05, 0) is 39.1 Å². The number of carbonyl (C=O) groups excluding carboxylic acids is 1. The molecule has 1 atom stereocenters. The van der Waals surface area contributed by atoms with E-state index in [1.54, 1.807) is 11.8 Å². The number of nitrogens with one attached hydrogen (secondary N) is 1. The number of likely N-dealkylation sites (N-methyl/N-ethyl adjacent to an activating group) is 1. The Morgan fingerprint density at radius 1 is 1.23 bits per heavy atom. The number of benzene rings is 1. The summed E-state index contributed by atoms with van der Waals surface area (Å²) in [6.45, 7) is 8.40. The molecule has 1 aliphatic heterocycles. The predicted molar refractivity (Wildman–Crippen MR) is 93.3 cm³/mol. The molecule has 0 aromatic heterocycles. The summed E-state index contributed by atoms with van der Waals surface area (Å²) in [4.78, 5) is 18.1. The Bertz CT molecular complexity index is 446. The van der Waals surface area contributed by atoms with Gasteiger partial charge in [0.05, 0.1) is 5.25 Å². The Hall–Kier alpha value is -1.04.